The van der Waals surface area contributed by atoms with Gasteiger partial charge in [-0.1, -0.05) is 66.2 Å². The largest absolute Gasteiger partial charge is 0.375 e. The van der Waals surface area contributed by atoms with Crippen LogP contribution in [0.1, 0.15) is 24.5 Å². The minimum absolute atomic E-state index is 0.185. The Morgan fingerprint density at radius 2 is 1.64 bits per heavy atom. The van der Waals surface area contributed by atoms with Crippen LogP contribution in [0.3, 0.4) is 0 Å². The third-order valence-electron chi connectivity index (χ3n) is 4.39. The average Bonchev–Trinajstić information content (AvgIpc) is 2.84. The lowest BCUT2D eigenvalue weighted by atomic mass is 9.76. The zero-order valence-electron chi connectivity index (χ0n) is 12.8. The number of ether oxygens (including phenoxy) is 1. The smallest absolute Gasteiger partial charge is 0.156 e. The van der Waals surface area contributed by atoms with E-state index in [9.17, 15) is 4.79 Å². The maximum Gasteiger partial charge on any atom is 0.156 e. The summed E-state index contributed by atoms with van der Waals surface area (Å²) in [5.74, 6) is 0.185. The first kappa shape index (κ1) is 14.7. The highest BCUT2D eigenvalue weighted by molar-refractivity contribution is 5.95. The Hall–Kier alpha value is -2.19. The van der Waals surface area contributed by atoms with Gasteiger partial charge in [-0.15, -0.1) is 0 Å². The van der Waals surface area contributed by atoms with E-state index in [-0.39, 0.29) is 11.2 Å². The number of carbonyl (C=O) groups excluding carboxylic acids is 1. The highest BCUT2D eigenvalue weighted by atomic mass is 16.5. The highest BCUT2D eigenvalue weighted by Crippen LogP contribution is 2.40. The second-order valence-corrected chi connectivity index (χ2v) is 5.90. The number of benzene rings is 2. The fourth-order valence-electron chi connectivity index (χ4n) is 3.12. The number of hydrogen-bond acceptors (Lipinski definition) is 2. The van der Waals surface area contributed by atoms with Gasteiger partial charge >= 0.3 is 0 Å². The van der Waals surface area contributed by atoms with Crippen molar-refractivity contribution in [2.45, 2.75) is 25.4 Å². The molecule has 0 amide bonds. The molecule has 0 fully saturated rings. The maximum absolute atomic E-state index is 11.9. The van der Waals surface area contributed by atoms with Crippen molar-refractivity contribution in [2.24, 2.45) is 0 Å². The van der Waals surface area contributed by atoms with Crippen molar-refractivity contribution < 1.29 is 9.53 Å². The van der Waals surface area contributed by atoms with Crippen LogP contribution in [0.15, 0.2) is 72.3 Å². The van der Waals surface area contributed by atoms with E-state index in [0.29, 0.717) is 19.6 Å². The van der Waals surface area contributed by atoms with Crippen molar-refractivity contribution in [3.8, 4) is 0 Å². The third-order valence-corrected chi connectivity index (χ3v) is 4.39. The monoisotopic (exact) mass is 292 g/mol. The van der Waals surface area contributed by atoms with Gasteiger partial charge in [0, 0.05) is 11.8 Å². The van der Waals surface area contributed by atoms with E-state index in [4.69, 9.17) is 4.74 Å². The zero-order valence-corrected chi connectivity index (χ0v) is 12.8. The van der Waals surface area contributed by atoms with Gasteiger partial charge < -0.3 is 4.74 Å². The van der Waals surface area contributed by atoms with E-state index in [2.05, 4.69) is 24.3 Å². The van der Waals surface area contributed by atoms with Crippen LogP contribution in [0.2, 0.25) is 0 Å². The van der Waals surface area contributed by atoms with Gasteiger partial charge in [0.25, 0.3) is 0 Å². The molecule has 22 heavy (non-hydrogen) atoms. The number of hydrogen-bond donors (Lipinski definition) is 0. The normalized spacial score (nSPS) is 21.0. The Morgan fingerprint density at radius 3 is 2.23 bits per heavy atom. The van der Waals surface area contributed by atoms with Gasteiger partial charge in [-0.05, 0) is 24.1 Å². The molecule has 0 aromatic heterocycles. The molecule has 0 spiro atoms. The zero-order chi connectivity index (χ0) is 15.4. The third kappa shape index (κ3) is 2.88. The van der Waals surface area contributed by atoms with E-state index in [1.165, 1.54) is 0 Å². The average molecular weight is 292 g/mol. The molecule has 112 valence electrons. The number of allylic oxidation sites excluding steroid dienone is 1. The summed E-state index contributed by atoms with van der Waals surface area (Å²) in [6.45, 7) is 3.13. The Labute approximate surface area is 131 Å². The molecule has 1 unspecified atom stereocenters. The van der Waals surface area contributed by atoms with Gasteiger partial charge in [0.2, 0.25) is 0 Å². The summed E-state index contributed by atoms with van der Waals surface area (Å²) in [4.78, 5) is 11.9. The van der Waals surface area contributed by atoms with Gasteiger partial charge in [0.05, 0.1) is 13.2 Å². The molecular formula is C20H20O2. The molecule has 0 heterocycles. The van der Waals surface area contributed by atoms with Gasteiger partial charge in [-0.25, -0.2) is 0 Å². The van der Waals surface area contributed by atoms with Crippen molar-refractivity contribution in [3.05, 3.63) is 83.4 Å². The molecule has 1 aliphatic rings. The Morgan fingerprint density at radius 1 is 1.00 bits per heavy atom. The van der Waals surface area contributed by atoms with Crippen molar-refractivity contribution in [3.63, 3.8) is 0 Å². The van der Waals surface area contributed by atoms with Crippen LogP contribution in [0.4, 0.5) is 0 Å². The van der Waals surface area contributed by atoms with Crippen LogP contribution >= 0.6 is 0 Å². The predicted octanol–water partition coefficient (Wildman–Crippen LogP) is 4.06. The Bertz CT molecular complexity index is 673. The Kier molecular flexibility index (Phi) is 4.21. The summed E-state index contributed by atoms with van der Waals surface area (Å²) in [6, 6.07) is 20.3. The van der Waals surface area contributed by atoms with Crippen LogP contribution < -0.4 is 0 Å². The molecule has 0 aliphatic heterocycles. The second-order valence-electron chi connectivity index (χ2n) is 5.90. The maximum atomic E-state index is 11.9. The van der Waals surface area contributed by atoms with Crippen molar-refractivity contribution in [1.29, 1.82) is 0 Å². The molecule has 0 saturated heterocycles. The molecule has 0 radical (unpaired) electrons. The molecule has 2 nitrogen and oxygen atoms in total. The lowest BCUT2D eigenvalue weighted by Gasteiger charge is -2.31. The van der Waals surface area contributed by atoms with E-state index in [1.807, 2.05) is 43.3 Å². The lowest BCUT2D eigenvalue weighted by Crippen LogP contribution is -2.31. The summed E-state index contributed by atoms with van der Waals surface area (Å²) in [7, 11) is 0. The van der Waals surface area contributed by atoms with Crippen molar-refractivity contribution >= 4 is 5.78 Å². The van der Waals surface area contributed by atoms with E-state index >= 15 is 0 Å². The Balaban J connectivity index is 1.79. The first-order valence-corrected chi connectivity index (χ1v) is 7.59. The molecule has 0 saturated carbocycles. The van der Waals surface area contributed by atoms with Crippen molar-refractivity contribution in [1.82, 2.24) is 0 Å². The quantitative estimate of drug-likeness (QED) is 0.830. The standard InChI is InChI=1S/C20H20O2/c1-16-12-19(21)13-20(16,18-10-6-3-7-11-18)15-22-14-17-8-4-2-5-9-17/h2-12H,13-15H2,1H3. The molecule has 0 N–H and O–H groups in total. The first-order chi connectivity index (χ1) is 10.7. The van der Waals surface area contributed by atoms with Crippen molar-refractivity contribution in [2.75, 3.05) is 6.61 Å². The van der Waals surface area contributed by atoms with Gasteiger partial charge in [0.1, 0.15) is 0 Å². The van der Waals surface area contributed by atoms with Gasteiger partial charge in [0.15, 0.2) is 5.78 Å². The molecule has 2 heteroatoms. The van der Waals surface area contributed by atoms with Crippen LogP contribution in [0.25, 0.3) is 0 Å². The van der Waals surface area contributed by atoms with Crippen LogP contribution in [0.5, 0.6) is 0 Å². The SMILES string of the molecule is CC1=CC(=O)CC1(COCc1ccccc1)c1ccccc1. The molecule has 2 aromatic rings. The summed E-state index contributed by atoms with van der Waals surface area (Å²) in [5, 5.41) is 0. The molecule has 2 aromatic carbocycles. The first-order valence-electron chi connectivity index (χ1n) is 7.59. The summed E-state index contributed by atoms with van der Waals surface area (Å²) in [6.07, 6.45) is 2.26. The van der Waals surface area contributed by atoms with E-state index < -0.39 is 0 Å². The van der Waals surface area contributed by atoms with Gasteiger partial charge in [-0.2, -0.15) is 0 Å². The van der Waals surface area contributed by atoms with Crippen LogP contribution in [0, 0.1) is 0 Å². The van der Waals surface area contributed by atoms with E-state index in [0.717, 1.165) is 16.7 Å². The molecule has 0 bridgehead atoms. The lowest BCUT2D eigenvalue weighted by molar-refractivity contribution is -0.115. The van der Waals surface area contributed by atoms with Gasteiger partial charge in [-0.3, -0.25) is 4.79 Å². The molecular weight excluding hydrogens is 272 g/mol. The van der Waals surface area contributed by atoms with E-state index in [1.54, 1.807) is 6.08 Å². The van der Waals surface area contributed by atoms with Crippen LogP contribution in [-0.4, -0.2) is 12.4 Å². The molecule has 1 atom stereocenters. The number of ketones is 1. The number of rotatable bonds is 5. The molecule has 1 aliphatic carbocycles. The molecule has 3 rings (SSSR count). The minimum atomic E-state index is -0.312. The summed E-state index contributed by atoms with van der Waals surface area (Å²) in [5.41, 5.74) is 3.09. The minimum Gasteiger partial charge on any atom is -0.375 e. The fraction of sp³-hybridized carbons (Fsp3) is 0.250. The fourth-order valence-corrected chi connectivity index (χ4v) is 3.12. The summed E-state index contributed by atoms with van der Waals surface area (Å²) >= 11 is 0. The topological polar surface area (TPSA) is 26.3 Å². The number of carbonyl (C=O) groups is 1. The predicted molar refractivity (Wildman–Crippen MR) is 87.6 cm³/mol. The highest BCUT2D eigenvalue weighted by Gasteiger charge is 2.40. The summed E-state index contributed by atoms with van der Waals surface area (Å²) < 4.78 is 5.99. The van der Waals surface area contributed by atoms with Crippen LogP contribution in [-0.2, 0) is 21.6 Å². The second kappa shape index (κ2) is 6.29.